The Hall–Kier alpha value is -1.98. The van der Waals surface area contributed by atoms with E-state index in [0.29, 0.717) is 17.8 Å². The fourth-order valence-electron chi connectivity index (χ4n) is 2.22. The summed E-state index contributed by atoms with van der Waals surface area (Å²) in [6.45, 7) is 7.61. The zero-order valence-electron chi connectivity index (χ0n) is 11.4. The van der Waals surface area contributed by atoms with Crippen LogP contribution in [0.4, 0.5) is 5.95 Å². The summed E-state index contributed by atoms with van der Waals surface area (Å²) < 4.78 is 5.01. The summed E-state index contributed by atoms with van der Waals surface area (Å²) in [4.78, 5) is 15.4. The van der Waals surface area contributed by atoms with Gasteiger partial charge >= 0.3 is 0 Å². The highest BCUT2D eigenvalue weighted by molar-refractivity contribution is 5.38. The Kier molecular flexibility index (Phi) is 2.93. The van der Waals surface area contributed by atoms with Crippen molar-refractivity contribution in [2.75, 3.05) is 4.90 Å². The third-order valence-electron chi connectivity index (χ3n) is 3.10. The lowest BCUT2D eigenvalue weighted by Gasteiger charge is -2.09. The molecule has 0 spiro atoms. The van der Waals surface area contributed by atoms with Gasteiger partial charge < -0.3 is 9.42 Å². The number of rotatable bonds is 3. The van der Waals surface area contributed by atoms with Crippen LogP contribution in [0.1, 0.15) is 36.8 Å². The Bertz CT molecular complexity index is 592. The Labute approximate surface area is 111 Å². The van der Waals surface area contributed by atoms with E-state index >= 15 is 0 Å². The van der Waals surface area contributed by atoms with E-state index in [-0.39, 0.29) is 0 Å². The molecule has 100 valence electrons. The van der Waals surface area contributed by atoms with Crippen molar-refractivity contribution < 1.29 is 4.52 Å². The van der Waals surface area contributed by atoms with Gasteiger partial charge in [0.2, 0.25) is 5.89 Å². The first-order valence-corrected chi connectivity index (χ1v) is 6.50. The molecule has 0 atom stereocenters. The van der Waals surface area contributed by atoms with Crippen LogP contribution in [0.5, 0.6) is 0 Å². The third-order valence-corrected chi connectivity index (χ3v) is 3.10. The van der Waals surface area contributed by atoms with Crippen LogP contribution in [0.15, 0.2) is 10.7 Å². The van der Waals surface area contributed by atoms with E-state index in [2.05, 4.69) is 38.9 Å². The maximum atomic E-state index is 5.01. The minimum atomic E-state index is 0.565. The molecule has 0 fully saturated rings. The summed E-state index contributed by atoms with van der Waals surface area (Å²) in [6, 6.07) is 0. The molecule has 0 aromatic carbocycles. The number of hydrogen-bond donors (Lipinski definition) is 0. The van der Waals surface area contributed by atoms with Crippen LogP contribution < -0.4 is 4.90 Å². The molecule has 2 aromatic heterocycles. The minimum Gasteiger partial charge on any atom is -0.338 e. The number of aryl methyl sites for hydroxylation is 1. The van der Waals surface area contributed by atoms with Crippen LogP contribution >= 0.6 is 0 Å². The van der Waals surface area contributed by atoms with Gasteiger partial charge in [0.25, 0.3) is 5.95 Å². The highest BCUT2D eigenvalue weighted by Crippen LogP contribution is 2.24. The topological polar surface area (TPSA) is 67.9 Å². The quantitative estimate of drug-likeness (QED) is 0.838. The molecule has 3 heterocycles. The molecule has 0 saturated carbocycles. The van der Waals surface area contributed by atoms with Crippen molar-refractivity contribution in [2.45, 2.75) is 40.3 Å². The van der Waals surface area contributed by atoms with Gasteiger partial charge in [0.1, 0.15) is 5.82 Å². The van der Waals surface area contributed by atoms with Gasteiger partial charge in [-0.3, -0.25) is 0 Å². The van der Waals surface area contributed by atoms with Crippen molar-refractivity contribution in [3.05, 3.63) is 29.2 Å². The molecule has 0 radical (unpaired) electrons. The second-order valence-corrected chi connectivity index (χ2v) is 5.33. The zero-order valence-corrected chi connectivity index (χ0v) is 11.4. The third kappa shape index (κ3) is 2.43. The first kappa shape index (κ1) is 12.1. The zero-order chi connectivity index (χ0) is 13.4. The van der Waals surface area contributed by atoms with Gasteiger partial charge in [0, 0.05) is 31.6 Å². The number of aromatic nitrogens is 4. The van der Waals surface area contributed by atoms with E-state index in [4.69, 9.17) is 4.52 Å². The monoisotopic (exact) mass is 259 g/mol. The normalized spacial score (nSPS) is 14.2. The maximum absolute atomic E-state index is 5.01. The van der Waals surface area contributed by atoms with Gasteiger partial charge in [-0.05, 0) is 11.1 Å². The van der Waals surface area contributed by atoms with Crippen molar-refractivity contribution in [2.24, 2.45) is 5.92 Å². The molecule has 0 aliphatic carbocycles. The maximum Gasteiger partial charge on any atom is 0.266 e. The van der Waals surface area contributed by atoms with Gasteiger partial charge in [0.15, 0.2) is 0 Å². The number of nitrogens with zero attached hydrogens (tertiary/aromatic N) is 5. The predicted octanol–water partition coefficient (Wildman–Crippen LogP) is 1.89. The Balaban J connectivity index is 1.80. The molecule has 6 heteroatoms. The SMILES string of the molecule is Cc1nc(N2Cc3cnc(CC(C)C)nc3C2)no1. The predicted molar refractivity (Wildman–Crippen MR) is 69.5 cm³/mol. The summed E-state index contributed by atoms with van der Waals surface area (Å²) in [5.41, 5.74) is 2.23. The molecule has 1 aliphatic heterocycles. The number of hydrogen-bond acceptors (Lipinski definition) is 6. The van der Waals surface area contributed by atoms with Crippen LogP contribution in [-0.2, 0) is 19.5 Å². The lowest BCUT2D eigenvalue weighted by molar-refractivity contribution is 0.392. The van der Waals surface area contributed by atoms with Gasteiger partial charge in [-0.25, -0.2) is 9.97 Å². The Morgan fingerprint density at radius 2 is 2.16 bits per heavy atom. The smallest absolute Gasteiger partial charge is 0.266 e. The summed E-state index contributed by atoms with van der Waals surface area (Å²) in [6.07, 6.45) is 2.83. The molecule has 0 N–H and O–H groups in total. The number of fused-ring (bicyclic) bond motifs is 1. The van der Waals surface area contributed by atoms with E-state index in [1.165, 1.54) is 0 Å². The fraction of sp³-hybridized carbons (Fsp3) is 0.538. The van der Waals surface area contributed by atoms with Gasteiger partial charge in [0.05, 0.1) is 12.2 Å². The van der Waals surface area contributed by atoms with Crippen LogP contribution in [0.3, 0.4) is 0 Å². The molecule has 1 aliphatic rings. The molecule has 0 unspecified atom stereocenters. The molecule has 0 amide bonds. The highest BCUT2D eigenvalue weighted by atomic mass is 16.5. The van der Waals surface area contributed by atoms with Crippen LogP contribution in [0.25, 0.3) is 0 Å². The summed E-state index contributed by atoms with van der Waals surface area (Å²) in [5, 5.41) is 3.94. The van der Waals surface area contributed by atoms with Crippen LogP contribution in [0.2, 0.25) is 0 Å². The van der Waals surface area contributed by atoms with E-state index in [9.17, 15) is 0 Å². The van der Waals surface area contributed by atoms with Crippen molar-refractivity contribution in [1.29, 1.82) is 0 Å². The van der Waals surface area contributed by atoms with E-state index in [0.717, 1.165) is 36.6 Å². The van der Waals surface area contributed by atoms with Crippen LogP contribution in [0, 0.1) is 12.8 Å². The van der Waals surface area contributed by atoms with Gasteiger partial charge in [-0.2, -0.15) is 4.98 Å². The minimum absolute atomic E-state index is 0.565. The lowest BCUT2D eigenvalue weighted by atomic mass is 10.1. The molecule has 0 saturated heterocycles. The first-order valence-electron chi connectivity index (χ1n) is 6.50. The molecule has 6 nitrogen and oxygen atoms in total. The average Bonchev–Trinajstić information content (AvgIpc) is 2.93. The summed E-state index contributed by atoms with van der Waals surface area (Å²) >= 11 is 0. The Morgan fingerprint density at radius 1 is 1.32 bits per heavy atom. The second-order valence-electron chi connectivity index (χ2n) is 5.33. The molecular weight excluding hydrogens is 242 g/mol. The van der Waals surface area contributed by atoms with E-state index in [1.54, 1.807) is 6.92 Å². The van der Waals surface area contributed by atoms with E-state index in [1.807, 2.05) is 6.20 Å². The first-order chi connectivity index (χ1) is 9.11. The van der Waals surface area contributed by atoms with Gasteiger partial charge in [-0.15, -0.1) is 0 Å². The van der Waals surface area contributed by atoms with Gasteiger partial charge in [-0.1, -0.05) is 13.8 Å². The summed E-state index contributed by atoms with van der Waals surface area (Å²) in [7, 11) is 0. The molecule has 3 rings (SSSR count). The second kappa shape index (κ2) is 4.60. The molecule has 19 heavy (non-hydrogen) atoms. The van der Waals surface area contributed by atoms with Crippen molar-refractivity contribution in [3.63, 3.8) is 0 Å². The summed E-state index contributed by atoms with van der Waals surface area (Å²) in [5.74, 6) is 2.69. The number of anilines is 1. The fourth-order valence-corrected chi connectivity index (χ4v) is 2.22. The van der Waals surface area contributed by atoms with Crippen molar-refractivity contribution >= 4 is 5.95 Å². The highest BCUT2D eigenvalue weighted by Gasteiger charge is 2.24. The lowest BCUT2D eigenvalue weighted by Crippen LogP contribution is -2.16. The Morgan fingerprint density at radius 3 is 2.84 bits per heavy atom. The molecular formula is C13H17N5O. The largest absolute Gasteiger partial charge is 0.338 e. The standard InChI is InChI=1S/C13H17N5O/c1-8(2)4-12-14-5-10-6-18(7-11(10)16-12)13-15-9(3)19-17-13/h5,8H,4,6-7H2,1-3H3. The van der Waals surface area contributed by atoms with Crippen molar-refractivity contribution in [3.8, 4) is 0 Å². The van der Waals surface area contributed by atoms with Crippen LogP contribution in [-0.4, -0.2) is 20.1 Å². The van der Waals surface area contributed by atoms with Crippen molar-refractivity contribution in [1.82, 2.24) is 20.1 Å². The van der Waals surface area contributed by atoms with E-state index < -0.39 is 0 Å². The average molecular weight is 259 g/mol. The molecule has 2 aromatic rings. The molecule has 0 bridgehead atoms.